The molecule has 0 radical (unpaired) electrons. The van der Waals surface area contributed by atoms with Gasteiger partial charge in [0.05, 0.1) is 11.1 Å². The second kappa shape index (κ2) is 8.44. The predicted octanol–water partition coefficient (Wildman–Crippen LogP) is 1.67. The molecule has 0 bridgehead atoms. The van der Waals surface area contributed by atoms with Gasteiger partial charge in [0.1, 0.15) is 6.04 Å². The first-order chi connectivity index (χ1) is 12.4. The standard InChI is InChI=1S/C19H17N3O4/c1-22(12-20)18(24)16(11-13-7-3-2-4-8-13)21-17(23)14-9-5-6-10-15(14)19(25)26/h2-10,16H,11H2,1H3,(H,21,23)(H,25,26). The van der Waals surface area contributed by atoms with Gasteiger partial charge in [0.25, 0.3) is 11.8 Å². The first-order valence-corrected chi connectivity index (χ1v) is 7.78. The van der Waals surface area contributed by atoms with E-state index in [2.05, 4.69) is 5.32 Å². The first kappa shape index (κ1) is 18.7. The molecule has 7 heteroatoms. The SMILES string of the molecule is CN(C#N)C(=O)C(Cc1ccccc1)NC(=O)c1ccccc1C(=O)O. The van der Waals surface area contributed by atoms with Crippen LogP contribution in [-0.2, 0) is 11.2 Å². The molecule has 0 aromatic heterocycles. The Labute approximate surface area is 150 Å². The van der Waals surface area contributed by atoms with E-state index < -0.39 is 23.8 Å². The van der Waals surface area contributed by atoms with E-state index in [1.54, 1.807) is 30.5 Å². The normalized spacial score (nSPS) is 11.1. The number of nitrogens with one attached hydrogen (secondary N) is 1. The molecule has 0 aliphatic carbocycles. The van der Waals surface area contributed by atoms with Gasteiger partial charge in [0.15, 0.2) is 6.19 Å². The summed E-state index contributed by atoms with van der Waals surface area (Å²) in [6, 6.07) is 13.7. The molecule has 0 fully saturated rings. The van der Waals surface area contributed by atoms with Crippen molar-refractivity contribution in [2.24, 2.45) is 0 Å². The zero-order valence-corrected chi connectivity index (χ0v) is 14.0. The van der Waals surface area contributed by atoms with E-state index in [0.29, 0.717) is 0 Å². The molecule has 0 saturated heterocycles. The highest BCUT2D eigenvalue weighted by Gasteiger charge is 2.26. The Bertz CT molecular complexity index is 859. The number of carboxylic acids is 1. The molecule has 132 valence electrons. The summed E-state index contributed by atoms with van der Waals surface area (Å²) in [4.78, 5) is 37.1. The van der Waals surface area contributed by atoms with Gasteiger partial charge in [-0.15, -0.1) is 0 Å². The van der Waals surface area contributed by atoms with Crippen LogP contribution < -0.4 is 5.32 Å². The Balaban J connectivity index is 2.29. The van der Waals surface area contributed by atoms with Crippen LogP contribution in [0.25, 0.3) is 0 Å². The Morgan fingerprint density at radius 1 is 1.08 bits per heavy atom. The van der Waals surface area contributed by atoms with Crippen molar-refractivity contribution in [2.75, 3.05) is 7.05 Å². The Kier molecular flexibility index (Phi) is 6.06. The predicted molar refractivity (Wildman–Crippen MR) is 93.2 cm³/mol. The van der Waals surface area contributed by atoms with E-state index in [4.69, 9.17) is 5.26 Å². The third-order valence-corrected chi connectivity index (χ3v) is 3.77. The molecule has 2 aromatic carbocycles. The average molecular weight is 351 g/mol. The lowest BCUT2D eigenvalue weighted by molar-refractivity contribution is -0.129. The van der Waals surface area contributed by atoms with Crippen LogP contribution in [0.3, 0.4) is 0 Å². The molecule has 0 aliphatic rings. The molecule has 2 rings (SSSR count). The van der Waals surface area contributed by atoms with Crippen LogP contribution in [0.1, 0.15) is 26.3 Å². The topological polar surface area (TPSA) is 111 Å². The molecule has 0 aliphatic heterocycles. The highest BCUT2D eigenvalue weighted by Crippen LogP contribution is 2.11. The van der Waals surface area contributed by atoms with E-state index in [9.17, 15) is 19.5 Å². The van der Waals surface area contributed by atoms with Crippen LogP contribution in [0.5, 0.6) is 0 Å². The average Bonchev–Trinajstić information content (AvgIpc) is 2.66. The second-order valence-corrected chi connectivity index (χ2v) is 5.56. The summed E-state index contributed by atoms with van der Waals surface area (Å²) in [7, 11) is 1.30. The third kappa shape index (κ3) is 4.45. The third-order valence-electron chi connectivity index (χ3n) is 3.77. The molecule has 1 unspecified atom stereocenters. The van der Waals surface area contributed by atoms with Gasteiger partial charge < -0.3 is 10.4 Å². The maximum absolute atomic E-state index is 12.6. The van der Waals surface area contributed by atoms with Crippen LogP contribution in [0, 0.1) is 11.5 Å². The van der Waals surface area contributed by atoms with Crippen molar-refractivity contribution in [3.05, 3.63) is 71.3 Å². The maximum Gasteiger partial charge on any atom is 0.336 e. The summed E-state index contributed by atoms with van der Waals surface area (Å²) in [5.74, 6) is -2.52. The van der Waals surface area contributed by atoms with Crippen LogP contribution in [-0.4, -0.2) is 40.9 Å². The number of likely N-dealkylation sites (N-methyl/N-ethyl adjacent to an activating group) is 1. The fraction of sp³-hybridized carbons (Fsp3) is 0.158. The summed E-state index contributed by atoms with van der Waals surface area (Å²) in [6.45, 7) is 0. The Hall–Kier alpha value is -3.66. The molecule has 0 spiro atoms. The number of carbonyl (C=O) groups is 3. The van der Waals surface area contributed by atoms with Crippen molar-refractivity contribution in [1.29, 1.82) is 5.26 Å². The van der Waals surface area contributed by atoms with Crippen LogP contribution >= 0.6 is 0 Å². The number of amides is 2. The number of nitriles is 1. The lowest BCUT2D eigenvalue weighted by Crippen LogP contribution is -2.47. The van der Waals surface area contributed by atoms with E-state index in [-0.39, 0.29) is 17.5 Å². The maximum atomic E-state index is 12.6. The fourth-order valence-electron chi connectivity index (χ4n) is 2.44. The summed E-state index contributed by atoms with van der Waals surface area (Å²) in [5.41, 5.74) is 0.582. The van der Waals surface area contributed by atoms with E-state index in [1.807, 2.05) is 6.07 Å². The summed E-state index contributed by atoms with van der Waals surface area (Å²) in [5, 5.41) is 20.7. The Morgan fingerprint density at radius 2 is 1.65 bits per heavy atom. The number of benzene rings is 2. The van der Waals surface area contributed by atoms with Gasteiger partial charge in [-0.2, -0.15) is 5.26 Å². The zero-order valence-electron chi connectivity index (χ0n) is 14.0. The number of rotatable bonds is 6. The fourth-order valence-corrected chi connectivity index (χ4v) is 2.44. The lowest BCUT2D eigenvalue weighted by atomic mass is 10.0. The molecule has 26 heavy (non-hydrogen) atoms. The highest BCUT2D eigenvalue weighted by atomic mass is 16.4. The minimum absolute atomic E-state index is 0.0505. The second-order valence-electron chi connectivity index (χ2n) is 5.56. The lowest BCUT2D eigenvalue weighted by Gasteiger charge is -2.20. The molecular formula is C19H17N3O4. The summed E-state index contributed by atoms with van der Waals surface area (Å²) < 4.78 is 0. The first-order valence-electron chi connectivity index (χ1n) is 7.78. The molecule has 7 nitrogen and oxygen atoms in total. The zero-order chi connectivity index (χ0) is 19.1. The van der Waals surface area contributed by atoms with Crippen molar-refractivity contribution in [1.82, 2.24) is 10.2 Å². The van der Waals surface area contributed by atoms with E-state index >= 15 is 0 Å². The van der Waals surface area contributed by atoms with Gasteiger partial charge >= 0.3 is 5.97 Å². The number of carbonyl (C=O) groups excluding carboxylic acids is 2. The molecule has 2 amide bonds. The quantitative estimate of drug-likeness (QED) is 0.607. The minimum atomic E-state index is -1.24. The molecule has 1 atom stereocenters. The summed E-state index contributed by atoms with van der Waals surface area (Å²) in [6.07, 6.45) is 1.89. The smallest absolute Gasteiger partial charge is 0.336 e. The number of nitrogens with zero attached hydrogens (tertiary/aromatic N) is 2. The Morgan fingerprint density at radius 3 is 2.23 bits per heavy atom. The van der Waals surface area contributed by atoms with Crippen molar-refractivity contribution < 1.29 is 19.5 Å². The largest absolute Gasteiger partial charge is 0.478 e. The van der Waals surface area contributed by atoms with Crippen molar-refractivity contribution in [3.8, 4) is 6.19 Å². The molecule has 2 N–H and O–H groups in total. The van der Waals surface area contributed by atoms with E-state index in [0.717, 1.165) is 10.5 Å². The number of hydrogen-bond donors (Lipinski definition) is 2. The van der Waals surface area contributed by atoms with Crippen molar-refractivity contribution >= 4 is 17.8 Å². The summed E-state index contributed by atoms with van der Waals surface area (Å²) >= 11 is 0. The van der Waals surface area contributed by atoms with Crippen LogP contribution in [0.4, 0.5) is 0 Å². The number of hydrogen-bond acceptors (Lipinski definition) is 4. The van der Waals surface area contributed by atoms with Crippen molar-refractivity contribution in [2.45, 2.75) is 12.5 Å². The minimum Gasteiger partial charge on any atom is -0.478 e. The van der Waals surface area contributed by atoms with Gasteiger partial charge in [-0.1, -0.05) is 42.5 Å². The molecular weight excluding hydrogens is 334 g/mol. The number of aromatic carboxylic acids is 1. The van der Waals surface area contributed by atoms with Gasteiger partial charge in [-0.3, -0.25) is 14.5 Å². The van der Waals surface area contributed by atoms with Crippen LogP contribution in [0.15, 0.2) is 54.6 Å². The molecule has 0 heterocycles. The van der Waals surface area contributed by atoms with Crippen LogP contribution in [0.2, 0.25) is 0 Å². The molecule has 0 saturated carbocycles. The van der Waals surface area contributed by atoms with E-state index in [1.165, 1.54) is 31.3 Å². The van der Waals surface area contributed by atoms with Gasteiger partial charge in [0, 0.05) is 13.5 Å². The van der Waals surface area contributed by atoms with Gasteiger partial charge in [-0.25, -0.2) is 4.79 Å². The molecule has 2 aromatic rings. The number of carboxylic acid groups (broad SMARTS) is 1. The monoisotopic (exact) mass is 351 g/mol. The van der Waals surface area contributed by atoms with Gasteiger partial charge in [-0.05, 0) is 17.7 Å². The highest BCUT2D eigenvalue weighted by molar-refractivity contribution is 6.06. The van der Waals surface area contributed by atoms with Crippen molar-refractivity contribution in [3.63, 3.8) is 0 Å². The van der Waals surface area contributed by atoms with Gasteiger partial charge in [0.2, 0.25) is 0 Å².